The monoisotopic (exact) mass is 348 g/mol. The molecule has 0 bridgehead atoms. The number of benzene rings is 1. The van der Waals surface area contributed by atoms with Crippen LogP contribution >= 0.6 is 15.9 Å². The molecule has 112 valence electrons. The Balaban J connectivity index is 2.26. The highest BCUT2D eigenvalue weighted by atomic mass is 79.9. The number of halogens is 1. The third-order valence-electron chi connectivity index (χ3n) is 3.38. The fourth-order valence-corrected chi connectivity index (χ4v) is 2.80. The lowest BCUT2D eigenvalue weighted by atomic mass is 9.99. The van der Waals surface area contributed by atoms with Gasteiger partial charge in [0.2, 0.25) is 0 Å². The number of methoxy groups -OCH3 is 1. The molecule has 1 aromatic carbocycles. The summed E-state index contributed by atoms with van der Waals surface area (Å²) >= 11 is 3.65. The molecule has 0 spiro atoms. The molecule has 2 rings (SSSR count). The number of pyridine rings is 1. The lowest BCUT2D eigenvalue weighted by Crippen LogP contribution is -2.24. The molecule has 2 aromatic rings. The molecule has 0 saturated heterocycles. The summed E-state index contributed by atoms with van der Waals surface area (Å²) in [6.45, 7) is 3.16. The minimum absolute atomic E-state index is 0.235. The Labute approximate surface area is 134 Å². The zero-order chi connectivity index (χ0) is 15.1. The zero-order valence-electron chi connectivity index (χ0n) is 12.5. The Morgan fingerprint density at radius 3 is 2.86 bits per heavy atom. The maximum atomic E-state index is 5.35. The Kier molecular flexibility index (Phi) is 6.21. The number of ether oxygens (including phenoxy) is 1. The summed E-state index contributed by atoms with van der Waals surface area (Å²) < 4.78 is 6.45. The van der Waals surface area contributed by atoms with Gasteiger partial charge in [-0.05, 0) is 54.8 Å². The van der Waals surface area contributed by atoms with E-state index in [1.807, 2.05) is 24.4 Å². The molecular weight excluding hydrogens is 328 g/mol. The molecular formula is C17H21BrN2O. The maximum absolute atomic E-state index is 5.35. The van der Waals surface area contributed by atoms with E-state index < -0.39 is 0 Å². The SMILES string of the molecule is CCCNC(Cc1cccnc1)c1cc(OC)ccc1Br. The van der Waals surface area contributed by atoms with Gasteiger partial charge in [0.25, 0.3) is 0 Å². The molecule has 0 fully saturated rings. The fourth-order valence-electron chi connectivity index (χ4n) is 2.28. The van der Waals surface area contributed by atoms with Crippen LogP contribution in [0.4, 0.5) is 0 Å². The third kappa shape index (κ3) is 4.55. The Hall–Kier alpha value is -1.39. The molecule has 0 aliphatic rings. The Morgan fingerprint density at radius 1 is 1.33 bits per heavy atom. The first-order chi connectivity index (χ1) is 10.2. The molecule has 0 aliphatic heterocycles. The second-order valence-electron chi connectivity index (χ2n) is 4.96. The number of hydrogen-bond acceptors (Lipinski definition) is 3. The van der Waals surface area contributed by atoms with Gasteiger partial charge in [-0.3, -0.25) is 4.98 Å². The van der Waals surface area contributed by atoms with Crippen molar-refractivity contribution in [3.63, 3.8) is 0 Å². The minimum Gasteiger partial charge on any atom is -0.497 e. The van der Waals surface area contributed by atoms with Gasteiger partial charge in [-0.25, -0.2) is 0 Å². The van der Waals surface area contributed by atoms with E-state index in [0.29, 0.717) is 0 Å². The van der Waals surface area contributed by atoms with E-state index in [0.717, 1.165) is 29.6 Å². The topological polar surface area (TPSA) is 34.2 Å². The molecule has 1 aromatic heterocycles. The van der Waals surface area contributed by atoms with Crippen LogP contribution in [-0.2, 0) is 6.42 Å². The van der Waals surface area contributed by atoms with Crippen molar-refractivity contribution in [3.8, 4) is 5.75 Å². The van der Waals surface area contributed by atoms with Crippen LogP contribution < -0.4 is 10.1 Å². The van der Waals surface area contributed by atoms with E-state index in [9.17, 15) is 0 Å². The van der Waals surface area contributed by atoms with E-state index in [-0.39, 0.29) is 6.04 Å². The van der Waals surface area contributed by atoms with Crippen LogP contribution in [0.2, 0.25) is 0 Å². The predicted molar refractivity (Wildman–Crippen MR) is 89.7 cm³/mol. The molecule has 0 radical (unpaired) electrons. The van der Waals surface area contributed by atoms with Gasteiger partial charge in [0.05, 0.1) is 7.11 Å². The maximum Gasteiger partial charge on any atom is 0.119 e. The number of nitrogens with zero attached hydrogens (tertiary/aromatic N) is 1. The normalized spacial score (nSPS) is 12.1. The van der Waals surface area contributed by atoms with Crippen LogP contribution in [0, 0.1) is 0 Å². The van der Waals surface area contributed by atoms with Gasteiger partial charge in [-0.2, -0.15) is 0 Å². The van der Waals surface area contributed by atoms with Crippen LogP contribution in [0.15, 0.2) is 47.2 Å². The highest BCUT2D eigenvalue weighted by Crippen LogP contribution is 2.29. The molecule has 1 heterocycles. The standard InChI is InChI=1S/C17H21BrN2O/c1-3-8-20-17(10-13-5-4-9-19-12-13)15-11-14(21-2)6-7-16(15)18/h4-7,9,11-12,17,20H,3,8,10H2,1-2H3. The second-order valence-corrected chi connectivity index (χ2v) is 5.81. The van der Waals surface area contributed by atoms with Crippen LogP contribution in [0.1, 0.15) is 30.5 Å². The van der Waals surface area contributed by atoms with Crippen molar-refractivity contribution in [1.82, 2.24) is 10.3 Å². The molecule has 1 unspecified atom stereocenters. The first-order valence-corrected chi connectivity index (χ1v) is 7.99. The molecule has 3 nitrogen and oxygen atoms in total. The second kappa shape index (κ2) is 8.15. The van der Waals surface area contributed by atoms with E-state index in [2.05, 4.69) is 45.3 Å². The van der Waals surface area contributed by atoms with Crippen LogP contribution in [0.5, 0.6) is 5.75 Å². The highest BCUT2D eigenvalue weighted by molar-refractivity contribution is 9.10. The van der Waals surface area contributed by atoms with Crippen molar-refractivity contribution < 1.29 is 4.74 Å². The van der Waals surface area contributed by atoms with Crippen molar-refractivity contribution >= 4 is 15.9 Å². The van der Waals surface area contributed by atoms with Crippen LogP contribution in [-0.4, -0.2) is 18.6 Å². The Morgan fingerprint density at radius 2 is 2.19 bits per heavy atom. The number of hydrogen-bond donors (Lipinski definition) is 1. The van der Waals surface area contributed by atoms with Gasteiger partial charge in [0.1, 0.15) is 5.75 Å². The van der Waals surface area contributed by atoms with Gasteiger partial charge in [0.15, 0.2) is 0 Å². The highest BCUT2D eigenvalue weighted by Gasteiger charge is 2.15. The average Bonchev–Trinajstić information content (AvgIpc) is 2.53. The molecule has 0 saturated carbocycles. The van der Waals surface area contributed by atoms with Crippen molar-refractivity contribution in [2.75, 3.05) is 13.7 Å². The predicted octanol–water partition coefficient (Wildman–Crippen LogP) is 4.14. The first kappa shape index (κ1) is 16.0. The van der Waals surface area contributed by atoms with Crippen molar-refractivity contribution in [2.45, 2.75) is 25.8 Å². The molecule has 1 atom stereocenters. The lowest BCUT2D eigenvalue weighted by molar-refractivity contribution is 0.412. The van der Waals surface area contributed by atoms with E-state index >= 15 is 0 Å². The van der Waals surface area contributed by atoms with Crippen molar-refractivity contribution in [2.24, 2.45) is 0 Å². The third-order valence-corrected chi connectivity index (χ3v) is 4.10. The summed E-state index contributed by atoms with van der Waals surface area (Å²) in [5.41, 5.74) is 2.44. The van der Waals surface area contributed by atoms with Gasteiger partial charge >= 0.3 is 0 Å². The molecule has 0 aliphatic carbocycles. The largest absolute Gasteiger partial charge is 0.497 e. The van der Waals surface area contributed by atoms with Crippen molar-refractivity contribution in [1.29, 1.82) is 0 Å². The molecule has 0 amide bonds. The van der Waals surface area contributed by atoms with Crippen LogP contribution in [0.25, 0.3) is 0 Å². The molecule has 4 heteroatoms. The first-order valence-electron chi connectivity index (χ1n) is 7.20. The van der Waals surface area contributed by atoms with E-state index in [4.69, 9.17) is 4.74 Å². The molecule has 21 heavy (non-hydrogen) atoms. The number of aromatic nitrogens is 1. The van der Waals surface area contributed by atoms with Crippen molar-refractivity contribution in [3.05, 3.63) is 58.3 Å². The summed E-state index contributed by atoms with van der Waals surface area (Å²) in [6, 6.07) is 10.4. The molecule has 1 N–H and O–H groups in total. The summed E-state index contributed by atoms with van der Waals surface area (Å²) in [4.78, 5) is 4.20. The zero-order valence-corrected chi connectivity index (χ0v) is 14.1. The summed E-state index contributed by atoms with van der Waals surface area (Å²) in [5, 5.41) is 3.61. The summed E-state index contributed by atoms with van der Waals surface area (Å²) in [7, 11) is 1.70. The lowest BCUT2D eigenvalue weighted by Gasteiger charge is -2.21. The van der Waals surface area contributed by atoms with Gasteiger partial charge < -0.3 is 10.1 Å². The minimum atomic E-state index is 0.235. The summed E-state index contributed by atoms with van der Waals surface area (Å²) in [6.07, 6.45) is 5.73. The average molecular weight is 349 g/mol. The van der Waals surface area contributed by atoms with Crippen LogP contribution in [0.3, 0.4) is 0 Å². The summed E-state index contributed by atoms with van der Waals surface area (Å²) in [5.74, 6) is 0.877. The Bertz CT molecular complexity index is 560. The smallest absolute Gasteiger partial charge is 0.119 e. The fraction of sp³-hybridized carbons (Fsp3) is 0.353. The van der Waals surface area contributed by atoms with E-state index in [1.165, 1.54) is 11.1 Å². The number of rotatable bonds is 7. The van der Waals surface area contributed by atoms with E-state index in [1.54, 1.807) is 13.3 Å². The van der Waals surface area contributed by atoms with Gasteiger partial charge in [0, 0.05) is 22.9 Å². The van der Waals surface area contributed by atoms with Gasteiger partial charge in [-0.1, -0.05) is 28.9 Å². The number of nitrogens with one attached hydrogen (secondary N) is 1. The quantitative estimate of drug-likeness (QED) is 0.816. The van der Waals surface area contributed by atoms with Gasteiger partial charge in [-0.15, -0.1) is 0 Å².